The van der Waals surface area contributed by atoms with Crippen molar-refractivity contribution in [3.05, 3.63) is 0 Å². The Morgan fingerprint density at radius 2 is 0.733 bits per heavy atom. The fraction of sp³-hybridized carbons (Fsp3) is 1.00. The van der Waals surface area contributed by atoms with Gasteiger partial charge in [0.2, 0.25) is 0 Å². The minimum Gasteiger partial charge on any atom is -0.0776 e. The fourth-order valence-corrected chi connectivity index (χ4v) is 0.354. The predicted octanol–water partition coefficient (Wildman–Crippen LogP) is 7.08. The summed E-state index contributed by atoms with van der Waals surface area (Å²) in [4.78, 5) is 0. The fourth-order valence-electron chi connectivity index (χ4n) is 0.354. The molecule has 0 heterocycles. The Morgan fingerprint density at radius 1 is 0.533 bits per heavy atom. The summed E-state index contributed by atoms with van der Waals surface area (Å²) in [5.41, 5.74) is 0. The number of unbranched alkanes of at least 4 members (excludes halogenated alkanes) is 3. The van der Waals surface area contributed by atoms with E-state index in [9.17, 15) is 0 Å². The van der Waals surface area contributed by atoms with E-state index in [1.54, 1.807) is 0 Å². The molecule has 100 valence electrons. The molecular formula is C15H40. The van der Waals surface area contributed by atoms with Crippen LogP contribution in [0, 0.1) is 0 Å². The van der Waals surface area contributed by atoms with Gasteiger partial charge in [-0.25, -0.2) is 0 Å². The normalized spacial score (nSPS) is 6.40. The van der Waals surface area contributed by atoms with Crippen molar-refractivity contribution in [3.63, 3.8) is 0 Å². The average Bonchev–Trinajstić information content (AvgIpc) is 2.24. The summed E-state index contributed by atoms with van der Waals surface area (Å²) in [5.74, 6) is 0. The Kier molecular flexibility index (Phi) is 129. The molecule has 0 aromatic rings. The van der Waals surface area contributed by atoms with Crippen LogP contribution in [-0.2, 0) is 0 Å². The summed E-state index contributed by atoms with van der Waals surface area (Å²) in [6.07, 6.45) is 7.97. The molecule has 0 amide bonds. The van der Waals surface area contributed by atoms with E-state index in [4.69, 9.17) is 0 Å². The van der Waals surface area contributed by atoms with Crippen LogP contribution in [0.4, 0.5) is 0 Å². The Labute approximate surface area is 102 Å². The van der Waals surface area contributed by atoms with Gasteiger partial charge in [0.1, 0.15) is 0 Å². The van der Waals surface area contributed by atoms with Crippen molar-refractivity contribution in [2.75, 3.05) is 0 Å². The minimum absolute atomic E-state index is 0. The molecule has 0 heteroatoms. The summed E-state index contributed by atoms with van der Waals surface area (Å²) < 4.78 is 0. The molecule has 0 saturated heterocycles. The molecule has 0 unspecified atom stereocenters. The van der Waals surface area contributed by atoms with Crippen LogP contribution in [0.3, 0.4) is 0 Å². The monoisotopic (exact) mass is 220 g/mol. The van der Waals surface area contributed by atoms with Gasteiger partial charge in [-0.3, -0.25) is 0 Å². The van der Waals surface area contributed by atoms with Crippen LogP contribution in [0.15, 0.2) is 0 Å². The van der Waals surface area contributed by atoms with Crippen LogP contribution in [0.5, 0.6) is 0 Å². The molecule has 0 aliphatic rings. The van der Waals surface area contributed by atoms with Crippen LogP contribution in [0.2, 0.25) is 0 Å². The van der Waals surface area contributed by atoms with Crippen LogP contribution in [0.1, 0.15) is 101 Å². The van der Waals surface area contributed by atoms with E-state index < -0.39 is 0 Å². The molecule has 0 fully saturated rings. The van der Waals surface area contributed by atoms with E-state index in [0.29, 0.717) is 0 Å². The van der Waals surface area contributed by atoms with Crippen LogP contribution in [-0.4, -0.2) is 0 Å². The van der Waals surface area contributed by atoms with Crippen molar-refractivity contribution >= 4 is 0 Å². The van der Waals surface area contributed by atoms with Gasteiger partial charge < -0.3 is 0 Å². The molecule has 0 aromatic heterocycles. The van der Waals surface area contributed by atoms with E-state index in [-0.39, 0.29) is 7.43 Å². The maximum absolute atomic E-state index is 2.21. The van der Waals surface area contributed by atoms with Crippen molar-refractivity contribution in [1.82, 2.24) is 0 Å². The molecule has 0 saturated carbocycles. The van der Waals surface area contributed by atoms with E-state index in [1.807, 2.05) is 13.8 Å². The highest BCUT2D eigenvalue weighted by atomic mass is 13.7. The Balaban J connectivity index is -0.0000000305. The number of hydrogen-bond acceptors (Lipinski definition) is 0. The molecule has 15 heavy (non-hydrogen) atoms. The predicted molar refractivity (Wildman–Crippen MR) is 79.8 cm³/mol. The second-order valence-corrected chi connectivity index (χ2v) is 3.06. The van der Waals surface area contributed by atoms with Gasteiger partial charge in [0, 0.05) is 0 Å². The first-order chi connectivity index (χ1) is 6.74. The highest BCUT2D eigenvalue weighted by Gasteiger charge is 1.68. The third-order valence-electron chi connectivity index (χ3n) is 1.21. The van der Waals surface area contributed by atoms with Crippen molar-refractivity contribution < 1.29 is 0 Å². The van der Waals surface area contributed by atoms with Gasteiger partial charge in [-0.15, -0.1) is 0 Å². The maximum Gasteiger partial charge on any atom is -0.0538 e. The quantitative estimate of drug-likeness (QED) is 0.476. The second-order valence-electron chi connectivity index (χ2n) is 3.06. The van der Waals surface area contributed by atoms with Gasteiger partial charge >= 0.3 is 0 Å². The molecule has 0 nitrogen and oxygen atoms in total. The molecule has 0 rings (SSSR count). The molecule has 0 N–H and O–H groups in total. The lowest BCUT2D eigenvalue weighted by Gasteiger charge is -1.79. The summed E-state index contributed by atoms with van der Waals surface area (Å²) in [6, 6.07) is 0. The molecular weight excluding hydrogens is 180 g/mol. The third kappa shape index (κ3) is 224. The van der Waals surface area contributed by atoms with Gasteiger partial charge in [-0.2, -0.15) is 0 Å². The van der Waals surface area contributed by atoms with E-state index in [0.717, 1.165) is 0 Å². The second kappa shape index (κ2) is 65.7. The average molecular weight is 220 g/mol. The highest BCUT2D eigenvalue weighted by Crippen LogP contribution is 1.88. The maximum atomic E-state index is 2.21. The molecule has 0 radical (unpaired) electrons. The summed E-state index contributed by atoms with van der Waals surface area (Å²) >= 11 is 0. The Bertz CT molecular complexity index is 27.0. The van der Waals surface area contributed by atoms with Crippen LogP contribution in [0.25, 0.3) is 0 Å². The summed E-state index contributed by atoms with van der Waals surface area (Å²) in [7, 11) is 0. The highest BCUT2D eigenvalue weighted by molar-refractivity contribution is 4.24. The lowest BCUT2D eigenvalue weighted by atomic mass is 10.3. The molecule has 0 spiro atoms. The minimum atomic E-state index is 0. The topological polar surface area (TPSA) is 0 Å². The first-order valence-corrected chi connectivity index (χ1v) is 6.74. The zero-order valence-corrected chi connectivity index (χ0v) is 12.2. The SMILES string of the molecule is C.CC.CCC.CCCC.CCCCC. The van der Waals surface area contributed by atoms with Gasteiger partial charge in [0.25, 0.3) is 0 Å². The number of rotatable bonds is 3. The largest absolute Gasteiger partial charge is 0.0776 e. The van der Waals surface area contributed by atoms with Crippen molar-refractivity contribution in [2.45, 2.75) is 101 Å². The van der Waals surface area contributed by atoms with E-state index >= 15 is 0 Å². The van der Waals surface area contributed by atoms with E-state index in [2.05, 4.69) is 41.5 Å². The lowest BCUT2D eigenvalue weighted by molar-refractivity contribution is 0.772. The van der Waals surface area contributed by atoms with Gasteiger partial charge in [-0.1, -0.05) is 101 Å². The first-order valence-electron chi connectivity index (χ1n) is 6.74. The third-order valence-corrected chi connectivity index (χ3v) is 1.21. The number of hydrogen-bond donors (Lipinski definition) is 0. The first kappa shape index (κ1) is 29.4. The van der Waals surface area contributed by atoms with Gasteiger partial charge in [0.05, 0.1) is 0 Å². The standard InChI is InChI=1S/C5H12.C4H10.C3H8.C2H6.CH4/c1-3-5-4-2;1-3-4-2;1-3-2;1-2;/h3-5H2,1-2H3;3-4H2,1-2H3;3H2,1-2H3;1-2H3;1H4. The lowest BCUT2D eigenvalue weighted by Crippen LogP contribution is -1.59. The molecule has 0 bridgehead atoms. The molecule has 0 aliphatic carbocycles. The van der Waals surface area contributed by atoms with Crippen molar-refractivity contribution in [2.24, 2.45) is 0 Å². The van der Waals surface area contributed by atoms with Gasteiger partial charge in [0.15, 0.2) is 0 Å². The molecule has 0 atom stereocenters. The van der Waals surface area contributed by atoms with Crippen molar-refractivity contribution in [3.8, 4) is 0 Å². The van der Waals surface area contributed by atoms with E-state index in [1.165, 1.54) is 38.5 Å². The Hall–Kier alpha value is 0. The zero-order chi connectivity index (χ0) is 12.2. The molecule has 0 aromatic carbocycles. The van der Waals surface area contributed by atoms with Crippen molar-refractivity contribution in [1.29, 1.82) is 0 Å². The van der Waals surface area contributed by atoms with Crippen LogP contribution < -0.4 is 0 Å². The smallest absolute Gasteiger partial charge is 0.0538 e. The Morgan fingerprint density at radius 3 is 0.733 bits per heavy atom. The molecule has 0 aliphatic heterocycles. The summed E-state index contributed by atoms with van der Waals surface area (Å²) in [5, 5.41) is 0. The summed E-state index contributed by atoms with van der Waals surface area (Å²) in [6.45, 7) is 17.0. The zero-order valence-electron chi connectivity index (χ0n) is 12.2. The van der Waals surface area contributed by atoms with Gasteiger partial charge in [-0.05, 0) is 0 Å². The van der Waals surface area contributed by atoms with Crippen LogP contribution >= 0.6 is 0 Å².